The molecule has 0 bridgehead atoms. The zero-order valence-corrected chi connectivity index (χ0v) is 13.4. The van der Waals surface area contributed by atoms with Gasteiger partial charge in [-0.1, -0.05) is 29.8 Å². The molecule has 24 heavy (non-hydrogen) atoms. The van der Waals surface area contributed by atoms with Crippen LogP contribution in [-0.2, 0) is 6.54 Å². The highest BCUT2D eigenvalue weighted by Crippen LogP contribution is 2.20. The van der Waals surface area contributed by atoms with Gasteiger partial charge in [0.1, 0.15) is 5.15 Å². The minimum atomic E-state index is -0.430. The van der Waals surface area contributed by atoms with Gasteiger partial charge in [-0.2, -0.15) is 0 Å². The van der Waals surface area contributed by atoms with Gasteiger partial charge in [-0.25, -0.2) is 9.61 Å². The predicted molar refractivity (Wildman–Crippen MR) is 89.5 cm³/mol. The van der Waals surface area contributed by atoms with Crippen LogP contribution in [0.5, 0.6) is 0 Å². The molecule has 0 unspecified atom stereocenters. The summed E-state index contributed by atoms with van der Waals surface area (Å²) in [7, 11) is 0. The van der Waals surface area contributed by atoms with Crippen molar-refractivity contribution in [1.82, 2.24) is 25.9 Å². The first-order chi connectivity index (χ1) is 11.6. The van der Waals surface area contributed by atoms with Crippen LogP contribution in [-0.4, -0.2) is 34.3 Å². The number of halogens is 1. The van der Waals surface area contributed by atoms with Crippen molar-refractivity contribution in [2.75, 3.05) is 18.8 Å². The topological polar surface area (TPSA) is 119 Å². The van der Waals surface area contributed by atoms with Gasteiger partial charge in [-0.3, -0.25) is 4.79 Å². The van der Waals surface area contributed by atoms with Crippen molar-refractivity contribution in [2.45, 2.75) is 6.54 Å². The predicted octanol–water partition coefficient (Wildman–Crippen LogP) is 1.37. The zero-order valence-electron chi connectivity index (χ0n) is 12.6. The fraction of sp³-hybridized carbons (Fsp3) is 0.200. The molecule has 3 rings (SSSR count). The first-order valence-electron chi connectivity index (χ1n) is 7.26. The van der Waals surface area contributed by atoms with Crippen LogP contribution >= 0.6 is 11.6 Å². The second kappa shape index (κ2) is 7.24. The van der Waals surface area contributed by atoms with E-state index in [9.17, 15) is 4.79 Å². The molecule has 0 saturated carbocycles. The molecule has 2 heterocycles. The molecule has 3 aromatic rings. The quantitative estimate of drug-likeness (QED) is 0.455. The van der Waals surface area contributed by atoms with Crippen LogP contribution in [0, 0.1) is 0 Å². The monoisotopic (exact) mass is 346 g/mol. The number of pyridine rings is 1. The van der Waals surface area contributed by atoms with Gasteiger partial charge in [0.05, 0.1) is 5.52 Å². The number of benzene rings is 1. The number of carbonyl (C=O) groups is 1. The molecule has 0 fully saturated rings. The molecule has 0 aliphatic rings. The van der Waals surface area contributed by atoms with E-state index in [0.717, 1.165) is 16.5 Å². The van der Waals surface area contributed by atoms with E-state index in [4.69, 9.17) is 17.3 Å². The van der Waals surface area contributed by atoms with E-state index in [1.54, 1.807) is 0 Å². The Hall–Kier alpha value is -2.71. The summed E-state index contributed by atoms with van der Waals surface area (Å²) in [4.78, 5) is 16.1. The van der Waals surface area contributed by atoms with Gasteiger partial charge in [0, 0.05) is 30.6 Å². The molecule has 0 aliphatic heterocycles. The third kappa shape index (κ3) is 3.61. The maximum Gasteiger partial charge on any atom is 0.277 e. The Kier molecular flexibility index (Phi) is 4.88. The number of para-hydroxylation sites is 1. The smallest absolute Gasteiger partial charge is 0.277 e. The van der Waals surface area contributed by atoms with Gasteiger partial charge in [-0.05, 0) is 22.4 Å². The van der Waals surface area contributed by atoms with Gasteiger partial charge in [0.25, 0.3) is 5.91 Å². The van der Waals surface area contributed by atoms with Gasteiger partial charge >= 0.3 is 0 Å². The molecular weight excluding hydrogens is 332 g/mol. The normalized spacial score (nSPS) is 10.9. The van der Waals surface area contributed by atoms with E-state index >= 15 is 0 Å². The maximum atomic E-state index is 11.7. The van der Waals surface area contributed by atoms with E-state index in [0.29, 0.717) is 24.8 Å². The number of hydrogen-bond donors (Lipinski definition) is 3. The van der Waals surface area contributed by atoms with E-state index in [1.165, 1.54) is 0 Å². The highest BCUT2D eigenvalue weighted by Gasteiger charge is 2.14. The minimum Gasteiger partial charge on any atom is -0.379 e. The standard InChI is InChI=1S/C15H15ClN6O2/c16-13-10(7-9-3-1-2-4-11(9)20-13)8-18-5-6-19-15(23)12-14(17)22-24-21-12/h1-4,7,18H,5-6,8H2,(H2,17,22)(H,19,23). The Labute approximate surface area is 142 Å². The van der Waals surface area contributed by atoms with E-state index in [1.807, 2.05) is 30.3 Å². The number of nitrogen functional groups attached to an aromatic ring is 1. The van der Waals surface area contributed by atoms with Crippen LogP contribution < -0.4 is 16.4 Å². The number of aromatic nitrogens is 3. The summed E-state index contributed by atoms with van der Waals surface area (Å²) < 4.78 is 4.38. The number of carbonyl (C=O) groups excluding carboxylic acids is 1. The number of nitrogens with one attached hydrogen (secondary N) is 2. The van der Waals surface area contributed by atoms with Crippen LogP contribution in [0.3, 0.4) is 0 Å². The number of nitrogens with zero attached hydrogens (tertiary/aromatic N) is 3. The lowest BCUT2D eigenvalue weighted by molar-refractivity contribution is 0.0944. The molecule has 8 nitrogen and oxygen atoms in total. The molecule has 1 amide bonds. The summed E-state index contributed by atoms with van der Waals surface area (Å²) in [5, 5.41) is 14.1. The van der Waals surface area contributed by atoms with Gasteiger partial charge in [-0.15, -0.1) is 0 Å². The molecule has 0 atom stereocenters. The Morgan fingerprint density at radius 3 is 2.88 bits per heavy atom. The lowest BCUT2D eigenvalue weighted by Crippen LogP contribution is -2.32. The number of anilines is 1. The van der Waals surface area contributed by atoms with Gasteiger partial charge < -0.3 is 16.4 Å². The van der Waals surface area contributed by atoms with Crippen LogP contribution in [0.25, 0.3) is 10.9 Å². The molecule has 0 radical (unpaired) electrons. The van der Waals surface area contributed by atoms with Crippen molar-refractivity contribution < 1.29 is 9.42 Å². The SMILES string of the molecule is Nc1nonc1C(=O)NCCNCc1cc2ccccc2nc1Cl. The minimum absolute atomic E-state index is 0.0169. The fourth-order valence-corrected chi connectivity index (χ4v) is 2.40. The first kappa shape index (κ1) is 16.2. The molecule has 2 aromatic heterocycles. The molecule has 124 valence electrons. The van der Waals surface area contributed by atoms with E-state index < -0.39 is 5.91 Å². The van der Waals surface area contributed by atoms with Crippen LogP contribution in [0.1, 0.15) is 16.1 Å². The van der Waals surface area contributed by atoms with Crippen molar-refractivity contribution >= 4 is 34.2 Å². The van der Waals surface area contributed by atoms with Crippen LogP contribution in [0.15, 0.2) is 35.0 Å². The molecule has 1 aromatic carbocycles. The fourth-order valence-electron chi connectivity index (χ4n) is 2.18. The number of nitrogens with two attached hydrogens (primary N) is 1. The number of fused-ring (bicyclic) bond motifs is 1. The van der Waals surface area contributed by atoms with Crippen molar-refractivity contribution in [3.05, 3.63) is 46.7 Å². The first-order valence-corrected chi connectivity index (χ1v) is 7.64. The molecule has 9 heteroatoms. The highest BCUT2D eigenvalue weighted by atomic mass is 35.5. The van der Waals surface area contributed by atoms with E-state index in [2.05, 4.69) is 30.6 Å². The number of amides is 1. The Morgan fingerprint density at radius 2 is 2.08 bits per heavy atom. The van der Waals surface area contributed by atoms with Crippen LogP contribution in [0.4, 0.5) is 5.82 Å². The lowest BCUT2D eigenvalue weighted by Gasteiger charge is -2.08. The van der Waals surface area contributed by atoms with Crippen molar-refractivity contribution in [2.24, 2.45) is 0 Å². The zero-order chi connectivity index (χ0) is 16.9. The summed E-state index contributed by atoms with van der Waals surface area (Å²) in [6.07, 6.45) is 0. The van der Waals surface area contributed by atoms with E-state index in [-0.39, 0.29) is 11.5 Å². The second-order valence-electron chi connectivity index (χ2n) is 5.06. The summed E-state index contributed by atoms with van der Waals surface area (Å²) in [6, 6.07) is 9.77. The van der Waals surface area contributed by atoms with Crippen molar-refractivity contribution in [3.8, 4) is 0 Å². The van der Waals surface area contributed by atoms with Crippen molar-refractivity contribution in [1.29, 1.82) is 0 Å². The molecule has 0 spiro atoms. The molecule has 0 aliphatic carbocycles. The Bertz CT molecular complexity index is 866. The Balaban J connectivity index is 1.49. The third-order valence-electron chi connectivity index (χ3n) is 3.38. The Morgan fingerprint density at radius 1 is 1.25 bits per heavy atom. The summed E-state index contributed by atoms with van der Waals surface area (Å²) >= 11 is 6.19. The molecular formula is C15H15ClN6O2. The summed E-state index contributed by atoms with van der Waals surface area (Å²) in [5.41, 5.74) is 7.18. The average molecular weight is 347 g/mol. The van der Waals surface area contributed by atoms with Gasteiger partial charge in [0.15, 0.2) is 0 Å². The van der Waals surface area contributed by atoms with Crippen molar-refractivity contribution in [3.63, 3.8) is 0 Å². The van der Waals surface area contributed by atoms with Crippen LogP contribution in [0.2, 0.25) is 5.15 Å². The molecule has 0 saturated heterocycles. The largest absolute Gasteiger partial charge is 0.379 e. The lowest BCUT2D eigenvalue weighted by atomic mass is 10.1. The third-order valence-corrected chi connectivity index (χ3v) is 3.71. The van der Waals surface area contributed by atoms with Gasteiger partial charge in [0.2, 0.25) is 11.5 Å². The highest BCUT2D eigenvalue weighted by molar-refractivity contribution is 6.30. The average Bonchev–Trinajstić information content (AvgIpc) is 3.01. The summed E-state index contributed by atoms with van der Waals surface area (Å²) in [5.74, 6) is -0.463. The second-order valence-corrected chi connectivity index (χ2v) is 5.42. The molecule has 4 N–H and O–H groups in total. The number of rotatable bonds is 6. The summed E-state index contributed by atoms with van der Waals surface area (Å²) in [6.45, 7) is 1.48. The number of hydrogen-bond acceptors (Lipinski definition) is 7. The maximum absolute atomic E-state index is 11.7.